The lowest BCUT2D eigenvalue weighted by molar-refractivity contribution is 0.624. The molecule has 17 heavy (non-hydrogen) atoms. The van der Waals surface area contributed by atoms with E-state index in [1.807, 2.05) is 20.8 Å². The smallest absolute Gasteiger partial charge is 0.241 e. The fourth-order valence-electron chi connectivity index (χ4n) is 1.26. The number of hydrogen-bond donors (Lipinski definition) is 2. The molecule has 7 heteroatoms. The Kier molecular flexibility index (Phi) is 2.66. The van der Waals surface area contributed by atoms with E-state index < -0.39 is 0 Å². The predicted molar refractivity (Wildman–Crippen MR) is 64.7 cm³/mol. The molecule has 0 spiro atoms. The van der Waals surface area contributed by atoms with E-state index in [0.29, 0.717) is 11.9 Å². The molecule has 3 N–H and O–H groups in total. The van der Waals surface area contributed by atoms with Crippen molar-refractivity contribution in [2.24, 2.45) is 0 Å². The Hall–Kier alpha value is -2.18. The summed E-state index contributed by atoms with van der Waals surface area (Å²) in [5, 5.41) is 3.15. The molecule has 2 heterocycles. The van der Waals surface area contributed by atoms with E-state index in [1.54, 1.807) is 23.3 Å². The Bertz CT molecular complexity index is 498. The van der Waals surface area contributed by atoms with E-state index in [1.165, 1.54) is 0 Å². The average molecular weight is 233 g/mol. The molecule has 0 aliphatic rings. The second kappa shape index (κ2) is 4.00. The molecule has 7 nitrogen and oxygen atoms in total. The first kappa shape index (κ1) is 11.3. The van der Waals surface area contributed by atoms with Crippen molar-refractivity contribution in [1.82, 2.24) is 24.5 Å². The maximum Gasteiger partial charge on any atom is 0.241 e. The van der Waals surface area contributed by atoms with Crippen LogP contribution in [0.15, 0.2) is 18.7 Å². The number of aromatic nitrogens is 5. The lowest BCUT2D eigenvalue weighted by Crippen LogP contribution is -2.28. The van der Waals surface area contributed by atoms with Crippen LogP contribution in [-0.4, -0.2) is 30.0 Å². The third-order valence-electron chi connectivity index (χ3n) is 1.86. The molecule has 2 aromatic rings. The van der Waals surface area contributed by atoms with Crippen LogP contribution in [0.5, 0.6) is 0 Å². The van der Waals surface area contributed by atoms with Gasteiger partial charge in [-0.1, -0.05) is 0 Å². The summed E-state index contributed by atoms with van der Waals surface area (Å²) >= 11 is 0. The van der Waals surface area contributed by atoms with E-state index in [2.05, 4.69) is 25.3 Å². The van der Waals surface area contributed by atoms with Crippen LogP contribution in [0.1, 0.15) is 20.8 Å². The largest absolute Gasteiger partial charge is 0.368 e. The van der Waals surface area contributed by atoms with Crippen LogP contribution in [0.25, 0.3) is 5.95 Å². The Labute approximate surface area is 99.1 Å². The Morgan fingerprint density at radius 1 is 1.24 bits per heavy atom. The minimum Gasteiger partial charge on any atom is -0.368 e. The van der Waals surface area contributed by atoms with Crippen molar-refractivity contribution in [3.05, 3.63) is 18.7 Å². The highest BCUT2D eigenvalue weighted by Crippen LogP contribution is 2.12. The Morgan fingerprint density at radius 3 is 2.59 bits per heavy atom. The summed E-state index contributed by atoms with van der Waals surface area (Å²) in [5.41, 5.74) is 5.51. The van der Waals surface area contributed by atoms with E-state index in [-0.39, 0.29) is 11.5 Å². The molecule has 0 radical (unpaired) electrons. The molecule has 0 unspecified atom stereocenters. The number of imidazole rings is 1. The fraction of sp³-hybridized carbons (Fsp3) is 0.400. The SMILES string of the molecule is CC(C)(C)Nc1nc(N)nc(-n2ccnc2)n1. The van der Waals surface area contributed by atoms with E-state index in [0.717, 1.165) is 0 Å². The summed E-state index contributed by atoms with van der Waals surface area (Å²) in [7, 11) is 0. The summed E-state index contributed by atoms with van der Waals surface area (Å²) < 4.78 is 1.67. The van der Waals surface area contributed by atoms with Gasteiger partial charge in [-0.05, 0) is 20.8 Å². The minimum atomic E-state index is -0.139. The van der Waals surface area contributed by atoms with Gasteiger partial charge < -0.3 is 11.1 Å². The summed E-state index contributed by atoms with van der Waals surface area (Å²) in [4.78, 5) is 16.3. The van der Waals surface area contributed by atoms with Crippen LogP contribution in [0.4, 0.5) is 11.9 Å². The molecule has 0 saturated heterocycles. The molecule has 0 saturated carbocycles. The summed E-state index contributed by atoms with van der Waals surface area (Å²) in [6.45, 7) is 6.05. The first-order chi connectivity index (χ1) is 7.94. The first-order valence-corrected chi connectivity index (χ1v) is 5.22. The molecule has 0 aromatic carbocycles. The second-order valence-electron chi connectivity index (χ2n) is 4.66. The predicted octanol–water partition coefficient (Wildman–Crippen LogP) is 0.850. The van der Waals surface area contributed by atoms with E-state index >= 15 is 0 Å². The molecule has 2 rings (SSSR count). The molecule has 0 fully saturated rings. The number of nitrogens with zero attached hydrogens (tertiary/aromatic N) is 5. The molecule has 0 bridgehead atoms. The van der Waals surface area contributed by atoms with Gasteiger partial charge in [-0.25, -0.2) is 4.98 Å². The van der Waals surface area contributed by atoms with Crippen LogP contribution >= 0.6 is 0 Å². The number of nitrogens with one attached hydrogen (secondary N) is 1. The number of rotatable bonds is 2. The molecule has 0 atom stereocenters. The van der Waals surface area contributed by atoms with Crippen LogP contribution in [-0.2, 0) is 0 Å². The molecule has 90 valence electrons. The highest BCUT2D eigenvalue weighted by Gasteiger charge is 2.13. The van der Waals surface area contributed by atoms with E-state index in [9.17, 15) is 0 Å². The quantitative estimate of drug-likeness (QED) is 0.798. The van der Waals surface area contributed by atoms with Crippen LogP contribution in [0.3, 0.4) is 0 Å². The standard InChI is InChI=1S/C10H15N7/c1-10(2,3)16-8-13-7(11)14-9(15-8)17-5-4-12-6-17/h4-6H,1-3H3,(H3,11,13,14,15,16). The summed E-state index contributed by atoms with van der Waals surface area (Å²) in [5.74, 6) is 1.07. The van der Waals surface area contributed by atoms with E-state index in [4.69, 9.17) is 5.73 Å². The monoisotopic (exact) mass is 233 g/mol. The first-order valence-electron chi connectivity index (χ1n) is 5.22. The Morgan fingerprint density at radius 2 is 2.00 bits per heavy atom. The van der Waals surface area contributed by atoms with Gasteiger partial charge in [-0.2, -0.15) is 15.0 Å². The number of anilines is 2. The lowest BCUT2D eigenvalue weighted by atomic mass is 10.1. The normalized spacial score (nSPS) is 11.5. The van der Waals surface area contributed by atoms with Crippen LogP contribution < -0.4 is 11.1 Å². The molecule has 2 aromatic heterocycles. The molecular weight excluding hydrogens is 218 g/mol. The van der Waals surface area contributed by atoms with Gasteiger partial charge in [0.25, 0.3) is 0 Å². The fourth-order valence-corrected chi connectivity index (χ4v) is 1.26. The van der Waals surface area contributed by atoms with Crippen LogP contribution in [0, 0.1) is 0 Å². The highest BCUT2D eigenvalue weighted by atomic mass is 15.3. The zero-order valence-electron chi connectivity index (χ0n) is 10.0. The minimum absolute atomic E-state index is 0.139. The zero-order chi connectivity index (χ0) is 12.5. The zero-order valence-corrected chi connectivity index (χ0v) is 10.0. The number of nitrogen functional groups attached to an aromatic ring is 1. The summed E-state index contributed by atoms with van der Waals surface area (Å²) in [6.07, 6.45) is 5.00. The third kappa shape index (κ3) is 2.90. The topological polar surface area (TPSA) is 94.5 Å². The van der Waals surface area contributed by atoms with Crippen molar-refractivity contribution in [3.8, 4) is 5.95 Å². The van der Waals surface area contributed by atoms with Crippen molar-refractivity contribution in [2.75, 3.05) is 11.1 Å². The maximum atomic E-state index is 5.65. The number of nitrogens with two attached hydrogens (primary N) is 1. The molecule has 0 amide bonds. The van der Waals surface area contributed by atoms with Gasteiger partial charge in [0.1, 0.15) is 6.33 Å². The number of hydrogen-bond acceptors (Lipinski definition) is 6. The van der Waals surface area contributed by atoms with Crippen molar-refractivity contribution in [1.29, 1.82) is 0 Å². The third-order valence-corrected chi connectivity index (χ3v) is 1.86. The average Bonchev–Trinajstić information content (AvgIpc) is 2.65. The van der Waals surface area contributed by atoms with Crippen molar-refractivity contribution in [3.63, 3.8) is 0 Å². The van der Waals surface area contributed by atoms with Gasteiger partial charge >= 0.3 is 0 Å². The van der Waals surface area contributed by atoms with Gasteiger partial charge in [0.15, 0.2) is 0 Å². The lowest BCUT2D eigenvalue weighted by Gasteiger charge is -2.20. The van der Waals surface area contributed by atoms with Gasteiger partial charge in [-0.15, -0.1) is 0 Å². The van der Waals surface area contributed by atoms with Crippen molar-refractivity contribution < 1.29 is 0 Å². The van der Waals surface area contributed by atoms with Crippen molar-refractivity contribution in [2.45, 2.75) is 26.3 Å². The molecular formula is C10H15N7. The Balaban J connectivity index is 2.36. The molecule has 0 aliphatic carbocycles. The van der Waals surface area contributed by atoms with Gasteiger partial charge in [-0.3, -0.25) is 4.57 Å². The maximum absolute atomic E-state index is 5.65. The van der Waals surface area contributed by atoms with Crippen molar-refractivity contribution >= 4 is 11.9 Å². The van der Waals surface area contributed by atoms with Crippen LogP contribution in [0.2, 0.25) is 0 Å². The van der Waals surface area contributed by atoms with Gasteiger partial charge in [0.05, 0.1) is 0 Å². The molecule has 0 aliphatic heterocycles. The van der Waals surface area contributed by atoms with Gasteiger partial charge in [0.2, 0.25) is 17.8 Å². The van der Waals surface area contributed by atoms with Gasteiger partial charge in [0, 0.05) is 17.9 Å². The summed E-state index contributed by atoms with van der Waals surface area (Å²) in [6, 6.07) is 0. The highest BCUT2D eigenvalue weighted by molar-refractivity contribution is 5.36. The second-order valence-corrected chi connectivity index (χ2v) is 4.66.